The SMILES string of the molecule is C=C/C=C(\C=C(/C)N)C(O)c1cccnc1. The summed E-state index contributed by atoms with van der Waals surface area (Å²) in [6.07, 6.45) is 7.63. The summed E-state index contributed by atoms with van der Waals surface area (Å²) in [5.41, 5.74) is 7.66. The van der Waals surface area contributed by atoms with Gasteiger partial charge in [-0.3, -0.25) is 4.98 Å². The van der Waals surface area contributed by atoms with Crippen molar-refractivity contribution in [2.45, 2.75) is 13.0 Å². The van der Waals surface area contributed by atoms with Crippen LogP contribution < -0.4 is 5.73 Å². The molecule has 0 saturated heterocycles. The summed E-state index contributed by atoms with van der Waals surface area (Å²) in [7, 11) is 0. The molecule has 0 spiro atoms. The molecule has 1 rings (SSSR count). The van der Waals surface area contributed by atoms with Crippen molar-refractivity contribution in [2.75, 3.05) is 0 Å². The van der Waals surface area contributed by atoms with Crippen molar-refractivity contribution in [3.63, 3.8) is 0 Å². The van der Waals surface area contributed by atoms with E-state index in [0.717, 1.165) is 5.56 Å². The maximum Gasteiger partial charge on any atom is 0.106 e. The molecule has 16 heavy (non-hydrogen) atoms. The van der Waals surface area contributed by atoms with Crippen molar-refractivity contribution in [1.29, 1.82) is 0 Å². The van der Waals surface area contributed by atoms with Crippen molar-refractivity contribution in [1.82, 2.24) is 4.98 Å². The Morgan fingerprint density at radius 3 is 2.88 bits per heavy atom. The maximum absolute atomic E-state index is 10.1. The molecular weight excluding hydrogens is 200 g/mol. The van der Waals surface area contributed by atoms with Gasteiger partial charge in [0.1, 0.15) is 6.10 Å². The van der Waals surface area contributed by atoms with Crippen molar-refractivity contribution in [3.8, 4) is 0 Å². The first-order valence-corrected chi connectivity index (χ1v) is 4.99. The lowest BCUT2D eigenvalue weighted by Gasteiger charge is -2.12. The Kier molecular flexibility index (Phi) is 4.48. The molecule has 3 N–H and O–H groups in total. The summed E-state index contributed by atoms with van der Waals surface area (Å²) >= 11 is 0. The lowest BCUT2D eigenvalue weighted by molar-refractivity contribution is 0.219. The smallest absolute Gasteiger partial charge is 0.106 e. The van der Waals surface area contributed by atoms with E-state index in [1.807, 2.05) is 6.07 Å². The third-order valence-electron chi connectivity index (χ3n) is 2.02. The first-order valence-electron chi connectivity index (χ1n) is 4.99. The first kappa shape index (κ1) is 12.2. The average Bonchev–Trinajstić information content (AvgIpc) is 2.28. The molecule has 0 bridgehead atoms. The maximum atomic E-state index is 10.1. The topological polar surface area (TPSA) is 59.1 Å². The minimum absolute atomic E-state index is 0.635. The van der Waals surface area contributed by atoms with Crippen LogP contribution in [-0.2, 0) is 0 Å². The molecule has 84 valence electrons. The zero-order valence-corrected chi connectivity index (χ0v) is 9.30. The molecule has 0 aliphatic rings. The van der Waals surface area contributed by atoms with Crippen LogP contribution in [0.25, 0.3) is 0 Å². The van der Waals surface area contributed by atoms with Gasteiger partial charge in [0, 0.05) is 23.7 Å². The number of pyridine rings is 1. The van der Waals surface area contributed by atoms with Gasteiger partial charge in [-0.15, -0.1) is 0 Å². The monoisotopic (exact) mass is 216 g/mol. The molecule has 1 aromatic heterocycles. The van der Waals surface area contributed by atoms with Gasteiger partial charge < -0.3 is 10.8 Å². The number of nitrogens with two attached hydrogens (primary N) is 1. The molecule has 1 unspecified atom stereocenters. The van der Waals surface area contributed by atoms with Crippen LogP contribution in [0.4, 0.5) is 0 Å². The van der Waals surface area contributed by atoms with Crippen LogP contribution in [0.1, 0.15) is 18.6 Å². The first-order chi connectivity index (χ1) is 7.65. The number of hydrogen-bond donors (Lipinski definition) is 2. The standard InChI is InChI=1S/C13H16N2O/c1-3-5-11(8-10(2)14)13(16)12-6-4-7-15-9-12/h3-9,13,16H,1,14H2,2H3/b10-8+,11-5+. The Hall–Kier alpha value is -1.87. The number of rotatable bonds is 4. The molecule has 1 aromatic rings. The highest BCUT2D eigenvalue weighted by Crippen LogP contribution is 2.22. The number of aliphatic hydroxyl groups excluding tert-OH is 1. The van der Waals surface area contributed by atoms with Gasteiger partial charge in [0.05, 0.1) is 0 Å². The van der Waals surface area contributed by atoms with Crippen LogP contribution in [0.15, 0.2) is 60.6 Å². The van der Waals surface area contributed by atoms with Crippen LogP contribution in [0.3, 0.4) is 0 Å². The van der Waals surface area contributed by atoms with E-state index in [9.17, 15) is 5.11 Å². The summed E-state index contributed by atoms with van der Waals surface area (Å²) in [5.74, 6) is 0. The van der Waals surface area contributed by atoms with Crippen LogP contribution in [0, 0.1) is 0 Å². The summed E-state index contributed by atoms with van der Waals surface area (Å²) < 4.78 is 0. The second kappa shape index (κ2) is 5.88. The normalized spacial score (nSPS) is 14.6. The van der Waals surface area contributed by atoms with Gasteiger partial charge in [-0.05, 0) is 24.6 Å². The molecule has 0 aliphatic carbocycles. The van der Waals surface area contributed by atoms with Gasteiger partial charge >= 0.3 is 0 Å². The van der Waals surface area contributed by atoms with E-state index in [-0.39, 0.29) is 0 Å². The van der Waals surface area contributed by atoms with Gasteiger partial charge in [-0.25, -0.2) is 0 Å². The fourth-order valence-corrected chi connectivity index (χ4v) is 1.35. The number of hydrogen-bond acceptors (Lipinski definition) is 3. The summed E-state index contributed by atoms with van der Waals surface area (Å²) in [6.45, 7) is 5.38. The second-order valence-electron chi connectivity index (χ2n) is 3.48. The number of nitrogens with zero attached hydrogens (tertiary/aromatic N) is 1. The van der Waals surface area contributed by atoms with E-state index < -0.39 is 6.10 Å². The molecule has 3 heteroatoms. The van der Waals surface area contributed by atoms with E-state index in [1.54, 1.807) is 43.6 Å². The fraction of sp³-hybridized carbons (Fsp3) is 0.154. The number of aliphatic hydroxyl groups is 1. The van der Waals surface area contributed by atoms with Gasteiger partial charge in [0.15, 0.2) is 0 Å². The number of allylic oxidation sites excluding steroid dienone is 3. The highest BCUT2D eigenvalue weighted by atomic mass is 16.3. The Bertz CT molecular complexity index is 403. The molecule has 1 heterocycles. The largest absolute Gasteiger partial charge is 0.402 e. The molecule has 0 aliphatic heterocycles. The zero-order chi connectivity index (χ0) is 12.0. The van der Waals surface area contributed by atoms with Crippen LogP contribution >= 0.6 is 0 Å². The van der Waals surface area contributed by atoms with Crippen molar-refractivity contribution in [2.24, 2.45) is 5.73 Å². The third kappa shape index (κ3) is 3.37. The minimum Gasteiger partial charge on any atom is -0.402 e. The van der Waals surface area contributed by atoms with Gasteiger partial charge in [-0.2, -0.15) is 0 Å². The Morgan fingerprint density at radius 2 is 2.38 bits per heavy atom. The zero-order valence-electron chi connectivity index (χ0n) is 9.30. The van der Waals surface area contributed by atoms with Crippen LogP contribution in [0.2, 0.25) is 0 Å². The minimum atomic E-state index is -0.731. The predicted molar refractivity (Wildman–Crippen MR) is 65.4 cm³/mol. The van der Waals surface area contributed by atoms with E-state index in [1.165, 1.54) is 0 Å². The van der Waals surface area contributed by atoms with E-state index in [4.69, 9.17) is 5.73 Å². The predicted octanol–water partition coefficient (Wildman–Crippen LogP) is 2.09. The fourth-order valence-electron chi connectivity index (χ4n) is 1.35. The van der Waals surface area contributed by atoms with Gasteiger partial charge in [-0.1, -0.05) is 24.8 Å². The quantitative estimate of drug-likeness (QED) is 0.758. The Labute approximate surface area is 95.6 Å². The molecule has 0 amide bonds. The second-order valence-corrected chi connectivity index (χ2v) is 3.48. The molecule has 0 radical (unpaired) electrons. The van der Waals surface area contributed by atoms with Gasteiger partial charge in [0.25, 0.3) is 0 Å². The molecule has 0 saturated carbocycles. The van der Waals surface area contributed by atoms with Crippen molar-refractivity contribution in [3.05, 3.63) is 66.2 Å². The van der Waals surface area contributed by atoms with E-state index in [2.05, 4.69) is 11.6 Å². The summed E-state index contributed by atoms with van der Waals surface area (Å²) in [5, 5.41) is 10.1. The number of aromatic nitrogens is 1. The molecule has 3 nitrogen and oxygen atoms in total. The molecule has 0 fully saturated rings. The Balaban J connectivity index is 3.01. The lowest BCUT2D eigenvalue weighted by Crippen LogP contribution is -2.02. The van der Waals surface area contributed by atoms with E-state index >= 15 is 0 Å². The molecule has 0 aromatic carbocycles. The average molecular weight is 216 g/mol. The lowest BCUT2D eigenvalue weighted by atomic mass is 10.0. The summed E-state index contributed by atoms with van der Waals surface area (Å²) in [6, 6.07) is 3.59. The van der Waals surface area contributed by atoms with E-state index in [0.29, 0.717) is 11.3 Å². The van der Waals surface area contributed by atoms with Gasteiger partial charge in [0.2, 0.25) is 0 Å². The van der Waals surface area contributed by atoms with Crippen LogP contribution in [0.5, 0.6) is 0 Å². The Morgan fingerprint density at radius 1 is 1.62 bits per heavy atom. The molecular formula is C13H16N2O. The highest BCUT2D eigenvalue weighted by molar-refractivity contribution is 5.34. The third-order valence-corrected chi connectivity index (χ3v) is 2.02. The van der Waals surface area contributed by atoms with Crippen molar-refractivity contribution < 1.29 is 5.11 Å². The van der Waals surface area contributed by atoms with Crippen LogP contribution in [-0.4, -0.2) is 10.1 Å². The molecule has 1 atom stereocenters. The highest BCUT2D eigenvalue weighted by Gasteiger charge is 2.10. The summed E-state index contributed by atoms with van der Waals surface area (Å²) in [4.78, 5) is 3.96. The van der Waals surface area contributed by atoms with Crippen molar-refractivity contribution >= 4 is 0 Å².